The van der Waals surface area contributed by atoms with E-state index in [1.807, 2.05) is 30.3 Å². The highest BCUT2D eigenvalue weighted by Crippen LogP contribution is 2.40. The molecule has 30 heavy (non-hydrogen) atoms. The Labute approximate surface area is 182 Å². The molecule has 1 atom stereocenters. The second-order valence-corrected chi connectivity index (χ2v) is 8.75. The number of esters is 2. The van der Waals surface area contributed by atoms with E-state index in [1.54, 1.807) is 44.4 Å². The zero-order valence-corrected chi connectivity index (χ0v) is 18.6. The maximum absolute atomic E-state index is 12.3. The first-order chi connectivity index (χ1) is 14.4. The molecule has 7 heteroatoms. The van der Waals surface area contributed by atoms with Crippen molar-refractivity contribution >= 4 is 34.1 Å². The molecule has 1 aromatic heterocycles. The van der Waals surface area contributed by atoms with Gasteiger partial charge in [-0.15, -0.1) is 11.3 Å². The highest BCUT2D eigenvalue weighted by Gasteiger charge is 2.16. The lowest BCUT2D eigenvalue weighted by molar-refractivity contribution is 0.0517. The molecule has 5 nitrogen and oxygen atoms in total. The molecule has 2 aromatic carbocycles. The van der Waals surface area contributed by atoms with Gasteiger partial charge in [-0.05, 0) is 55.3 Å². The largest absolute Gasteiger partial charge is 0.462 e. The fraction of sp³-hybridized carbons (Fsp3) is 0.217. The molecule has 0 saturated heterocycles. The van der Waals surface area contributed by atoms with Crippen LogP contribution < -0.4 is 0 Å². The number of hydrogen-bond acceptors (Lipinski definition) is 6. The normalized spacial score (nSPS) is 11.7. The molecule has 0 aliphatic carbocycles. The van der Waals surface area contributed by atoms with E-state index in [0.717, 1.165) is 25.8 Å². The highest BCUT2D eigenvalue weighted by atomic mass is 32.2. The van der Waals surface area contributed by atoms with Gasteiger partial charge in [0.05, 0.1) is 44.9 Å². The van der Waals surface area contributed by atoms with Gasteiger partial charge < -0.3 is 9.47 Å². The van der Waals surface area contributed by atoms with Gasteiger partial charge >= 0.3 is 11.9 Å². The van der Waals surface area contributed by atoms with Crippen molar-refractivity contribution in [1.29, 1.82) is 0 Å². The third-order valence-electron chi connectivity index (χ3n) is 4.35. The highest BCUT2D eigenvalue weighted by molar-refractivity contribution is 7.84. The molecule has 0 bridgehead atoms. The number of ether oxygens (including phenoxy) is 2. The average molecular weight is 443 g/mol. The van der Waals surface area contributed by atoms with Crippen LogP contribution >= 0.6 is 11.3 Å². The van der Waals surface area contributed by atoms with Crippen molar-refractivity contribution in [3.8, 4) is 20.9 Å². The summed E-state index contributed by atoms with van der Waals surface area (Å²) < 4.78 is 22.4. The molecule has 1 unspecified atom stereocenters. The van der Waals surface area contributed by atoms with Crippen LogP contribution in [0.25, 0.3) is 20.9 Å². The van der Waals surface area contributed by atoms with E-state index in [9.17, 15) is 13.8 Å². The minimum absolute atomic E-state index is 0.322. The van der Waals surface area contributed by atoms with Crippen LogP contribution in [-0.2, 0) is 20.3 Å². The van der Waals surface area contributed by atoms with Gasteiger partial charge in [0.15, 0.2) is 0 Å². The molecular weight excluding hydrogens is 420 g/mol. The Morgan fingerprint density at radius 2 is 1.30 bits per heavy atom. The lowest BCUT2D eigenvalue weighted by atomic mass is 10.1. The molecule has 3 aromatic rings. The first-order valence-electron chi connectivity index (χ1n) is 9.47. The van der Waals surface area contributed by atoms with E-state index in [4.69, 9.17) is 9.47 Å². The molecule has 3 rings (SSSR count). The van der Waals surface area contributed by atoms with Gasteiger partial charge in [0.1, 0.15) is 0 Å². The molecule has 0 saturated carbocycles. The van der Waals surface area contributed by atoms with Gasteiger partial charge in [0, 0.05) is 11.1 Å². The first-order valence-corrected chi connectivity index (χ1v) is 11.8. The Hall–Kier alpha value is -2.77. The molecule has 0 amide bonds. The van der Waals surface area contributed by atoms with Gasteiger partial charge in [0.25, 0.3) is 0 Å². The fourth-order valence-electron chi connectivity index (χ4n) is 2.89. The van der Waals surface area contributed by atoms with Crippen molar-refractivity contribution in [3.05, 3.63) is 65.7 Å². The zero-order chi connectivity index (χ0) is 21.7. The van der Waals surface area contributed by atoms with Gasteiger partial charge in [-0.1, -0.05) is 24.3 Å². The number of carbonyl (C=O) groups is 2. The van der Waals surface area contributed by atoms with Crippen LogP contribution in [0.3, 0.4) is 0 Å². The molecule has 0 aliphatic rings. The van der Waals surface area contributed by atoms with E-state index in [0.29, 0.717) is 24.3 Å². The van der Waals surface area contributed by atoms with Crippen molar-refractivity contribution in [2.45, 2.75) is 18.7 Å². The topological polar surface area (TPSA) is 69.7 Å². The summed E-state index contributed by atoms with van der Waals surface area (Å²) in [5, 5.41) is 0. The third kappa shape index (κ3) is 4.86. The molecule has 0 fully saturated rings. The number of thiophene rings is 1. The monoisotopic (exact) mass is 442 g/mol. The van der Waals surface area contributed by atoms with Gasteiger partial charge in [0.2, 0.25) is 0 Å². The predicted octanol–water partition coefficient (Wildman–Crippen LogP) is 5.17. The summed E-state index contributed by atoms with van der Waals surface area (Å²) in [4.78, 5) is 26.3. The summed E-state index contributed by atoms with van der Waals surface area (Å²) >= 11 is 1.52. The minimum atomic E-state index is -1.18. The standard InChI is InChI=1S/C23H22O5S2/c1-4-27-22(24)17-10-6-15(7-11-17)19-14-20(30(3)26)21(29-19)16-8-12-18(13-9-16)23(25)28-5-2/h6-14H,4-5H2,1-3H3. The van der Waals surface area contributed by atoms with Gasteiger partial charge in [-0.25, -0.2) is 9.59 Å². The molecule has 0 radical (unpaired) electrons. The van der Waals surface area contributed by atoms with Crippen LogP contribution in [0, 0.1) is 0 Å². The average Bonchev–Trinajstić information content (AvgIpc) is 3.20. The van der Waals surface area contributed by atoms with Crippen molar-refractivity contribution < 1.29 is 23.3 Å². The van der Waals surface area contributed by atoms with E-state index in [2.05, 4.69) is 0 Å². The van der Waals surface area contributed by atoms with E-state index < -0.39 is 10.8 Å². The molecule has 156 valence electrons. The van der Waals surface area contributed by atoms with E-state index >= 15 is 0 Å². The summed E-state index contributed by atoms with van der Waals surface area (Å²) in [6.07, 6.45) is 1.65. The van der Waals surface area contributed by atoms with Crippen molar-refractivity contribution in [1.82, 2.24) is 0 Å². The smallest absolute Gasteiger partial charge is 0.338 e. The zero-order valence-electron chi connectivity index (χ0n) is 17.0. The maximum atomic E-state index is 12.3. The number of benzene rings is 2. The van der Waals surface area contributed by atoms with Gasteiger partial charge in [-0.2, -0.15) is 0 Å². The van der Waals surface area contributed by atoms with Crippen molar-refractivity contribution in [2.75, 3.05) is 19.5 Å². The molecule has 0 spiro atoms. The predicted molar refractivity (Wildman–Crippen MR) is 119 cm³/mol. The Morgan fingerprint density at radius 3 is 1.73 bits per heavy atom. The Balaban J connectivity index is 1.93. The van der Waals surface area contributed by atoms with Crippen LogP contribution in [0.1, 0.15) is 34.6 Å². The van der Waals surface area contributed by atoms with Crippen LogP contribution in [0.2, 0.25) is 0 Å². The number of hydrogen-bond donors (Lipinski definition) is 0. The Kier molecular flexibility index (Phi) is 7.18. The summed E-state index contributed by atoms with van der Waals surface area (Å²) in [5.74, 6) is -0.718. The van der Waals surface area contributed by atoms with E-state index in [-0.39, 0.29) is 11.9 Å². The summed E-state index contributed by atoms with van der Waals surface area (Å²) in [6.45, 7) is 4.19. The minimum Gasteiger partial charge on any atom is -0.462 e. The van der Waals surface area contributed by atoms with Crippen molar-refractivity contribution in [2.24, 2.45) is 0 Å². The summed E-state index contributed by atoms with van der Waals surface area (Å²) in [6, 6.07) is 16.2. The Morgan fingerprint density at radius 1 is 0.833 bits per heavy atom. The fourth-order valence-corrected chi connectivity index (χ4v) is 5.17. The van der Waals surface area contributed by atoms with E-state index in [1.165, 1.54) is 11.3 Å². The van der Waals surface area contributed by atoms with Gasteiger partial charge in [-0.3, -0.25) is 4.21 Å². The van der Waals surface area contributed by atoms with Crippen LogP contribution in [0.15, 0.2) is 59.5 Å². The lowest BCUT2D eigenvalue weighted by Crippen LogP contribution is -2.04. The van der Waals surface area contributed by atoms with Crippen molar-refractivity contribution in [3.63, 3.8) is 0 Å². The van der Waals surface area contributed by atoms with Crippen LogP contribution in [0.5, 0.6) is 0 Å². The Bertz CT molecular complexity index is 1070. The number of carbonyl (C=O) groups excluding carboxylic acids is 2. The summed E-state index contributed by atoms with van der Waals surface area (Å²) in [5.41, 5.74) is 2.78. The van der Waals surface area contributed by atoms with Crippen LogP contribution in [-0.4, -0.2) is 35.6 Å². The summed E-state index contributed by atoms with van der Waals surface area (Å²) in [7, 11) is -1.18. The molecule has 0 aliphatic heterocycles. The second-order valence-electron chi connectivity index (χ2n) is 6.35. The SMILES string of the molecule is CCOC(=O)c1ccc(-c2cc(S(C)=O)c(-c3ccc(C(=O)OCC)cc3)s2)cc1. The first kappa shape index (κ1) is 21.9. The lowest BCUT2D eigenvalue weighted by Gasteiger charge is -2.04. The third-order valence-corrected chi connectivity index (χ3v) is 6.65. The second kappa shape index (κ2) is 9.82. The molecule has 0 N–H and O–H groups in total. The van der Waals surface area contributed by atoms with Crippen LogP contribution in [0.4, 0.5) is 0 Å². The maximum Gasteiger partial charge on any atom is 0.338 e. The molecular formula is C23H22O5S2. The molecule has 1 heterocycles. The quantitative estimate of drug-likeness (QED) is 0.472. The number of rotatable bonds is 7.